The molecule has 0 saturated carbocycles. The molecule has 0 bridgehead atoms. The first-order chi connectivity index (χ1) is 9.60. The van der Waals surface area contributed by atoms with Gasteiger partial charge in [-0.05, 0) is 30.7 Å². The fraction of sp³-hybridized carbons (Fsp3) is 0.214. The van der Waals surface area contributed by atoms with Crippen molar-refractivity contribution in [1.29, 1.82) is 0 Å². The van der Waals surface area contributed by atoms with Crippen LogP contribution in [0.3, 0.4) is 0 Å². The van der Waals surface area contributed by atoms with Gasteiger partial charge in [-0.1, -0.05) is 30.1 Å². The molecule has 0 unspecified atom stereocenters. The maximum Gasteiger partial charge on any atom is 0.240 e. The minimum Gasteiger partial charge on any atom is -0.476 e. The molecule has 1 heterocycles. The molecule has 106 valence electrons. The molecule has 0 fully saturated rings. The van der Waals surface area contributed by atoms with Crippen molar-refractivity contribution >= 4 is 28.9 Å². The Morgan fingerprint density at radius 2 is 2.00 bits per heavy atom. The molecule has 0 radical (unpaired) electrons. The van der Waals surface area contributed by atoms with Crippen molar-refractivity contribution in [2.75, 3.05) is 12.3 Å². The van der Waals surface area contributed by atoms with Gasteiger partial charge in [0.15, 0.2) is 0 Å². The van der Waals surface area contributed by atoms with Crippen LogP contribution in [0.15, 0.2) is 30.3 Å². The third-order valence-corrected chi connectivity index (χ3v) is 2.95. The van der Waals surface area contributed by atoms with E-state index in [9.17, 15) is 0 Å². The number of aromatic nitrogens is 1. The third-order valence-electron chi connectivity index (χ3n) is 2.42. The molecule has 2 N–H and O–H groups in total. The first kappa shape index (κ1) is 14.8. The zero-order chi connectivity index (χ0) is 14.5. The number of halogens is 2. The Morgan fingerprint density at radius 1 is 1.20 bits per heavy atom. The van der Waals surface area contributed by atoms with Crippen LogP contribution in [0.5, 0.6) is 17.5 Å². The summed E-state index contributed by atoms with van der Waals surface area (Å²) in [5.41, 5.74) is 6.25. The van der Waals surface area contributed by atoms with Gasteiger partial charge in [-0.3, -0.25) is 0 Å². The van der Waals surface area contributed by atoms with Gasteiger partial charge in [0.25, 0.3) is 0 Å². The summed E-state index contributed by atoms with van der Waals surface area (Å²) in [6.07, 6.45) is 0.870. The molecule has 4 nitrogen and oxygen atoms in total. The fourth-order valence-electron chi connectivity index (χ4n) is 1.48. The van der Waals surface area contributed by atoms with Gasteiger partial charge in [-0.25, -0.2) is 0 Å². The van der Waals surface area contributed by atoms with Crippen LogP contribution in [-0.2, 0) is 0 Å². The van der Waals surface area contributed by atoms with Crippen LogP contribution in [0.25, 0.3) is 0 Å². The van der Waals surface area contributed by atoms with E-state index in [1.807, 2.05) is 6.92 Å². The summed E-state index contributed by atoms with van der Waals surface area (Å²) in [4.78, 5) is 4.21. The summed E-state index contributed by atoms with van der Waals surface area (Å²) in [6.45, 7) is 2.55. The number of benzene rings is 1. The van der Waals surface area contributed by atoms with E-state index >= 15 is 0 Å². The second kappa shape index (κ2) is 6.68. The lowest BCUT2D eigenvalue weighted by molar-refractivity contribution is 0.302. The standard InChI is InChI=1S/C14H14Cl2N2O2/c1-2-7-19-14-11(17)4-6-13(18-14)20-12-5-3-9(15)8-10(12)16/h3-6,8H,2,7,17H2,1H3. The summed E-state index contributed by atoms with van der Waals surface area (Å²) in [7, 11) is 0. The molecule has 1 aromatic carbocycles. The number of nitrogens with zero attached hydrogens (tertiary/aromatic N) is 1. The highest BCUT2D eigenvalue weighted by atomic mass is 35.5. The number of hydrogen-bond donors (Lipinski definition) is 1. The molecule has 0 aliphatic carbocycles. The van der Waals surface area contributed by atoms with Crippen molar-refractivity contribution in [3.63, 3.8) is 0 Å². The second-order valence-electron chi connectivity index (χ2n) is 4.07. The molecule has 6 heteroatoms. The van der Waals surface area contributed by atoms with Crippen LogP contribution in [0, 0.1) is 0 Å². The van der Waals surface area contributed by atoms with Gasteiger partial charge in [0.2, 0.25) is 11.8 Å². The van der Waals surface area contributed by atoms with E-state index in [2.05, 4.69) is 4.98 Å². The number of hydrogen-bond acceptors (Lipinski definition) is 4. The summed E-state index contributed by atoms with van der Waals surface area (Å²) in [6, 6.07) is 8.30. The summed E-state index contributed by atoms with van der Waals surface area (Å²) in [5.74, 6) is 1.18. The Bertz CT molecular complexity index is 606. The predicted molar refractivity (Wildman–Crippen MR) is 81.0 cm³/mol. The summed E-state index contributed by atoms with van der Waals surface area (Å²) >= 11 is 11.9. The number of anilines is 1. The topological polar surface area (TPSA) is 57.4 Å². The Hall–Kier alpha value is -1.65. The first-order valence-corrected chi connectivity index (χ1v) is 6.88. The van der Waals surface area contributed by atoms with Crippen LogP contribution in [-0.4, -0.2) is 11.6 Å². The monoisotopic (exact) mass is 312 g/mol. The van der Waals surface area contributed by atoms with Crippen LogP contribution in [0.1, 0.15) is 13.3 Å². The number of nitrogens with two attached hydrogens (primary N) is 1. The van der Waals surface area contributed by atoms with Crippen molar-refractivity contribution in [3.05, 3.63) is 40.4 Å². The molecule has 20 heavy (non-hydrogen) atoms. The zero-order valence-corrected chi connectivity index (χ0v) is 12.4. The first-order valence-electron chi connectivity index (χ1n) is 6.12. The normalized spacial score (nSPS) is 10.3. The highest BCUT2D eigenvalue weighted by molar-refractivity contribution is 6.35. The van der Waals surface area contributed by atoms with Gasteiger partial charge in [0.05, 0.1) is 17.3 Å². The Labute approximate surface area is 127 Å². The van der Waals surface area contributed by atoms with Crippen molar-refractivity contribution < 1.29 is 9.47 Å². The van der Waals surface area contributed by atoms with Crippen LogP contribution < -0.4 is 15.2 Å². The van der Waals surface area contributed by atoms with Crippen LogP contribution in [0.2, 0.25) is 10.0 Å². The van der Waals surface area contributed by atoms with Crippen molar-refractivity contribution in [1.82, 2.24) is 4.98 Å². The van der Waals surface area contributed by atoms with Crippen molar-refractivity contribution in [2.45, 2.75) is 13.3 Å². The van der Waals surface area contributed by atoms with Crippen molar-refractivity contribution in [3.8, 4) is 17.5 Å². The van der Waals surface area contributed by atoms with Gasteiger partial charge in [0.1, 0.15) is 5.75 Å². The molecule has 0 aliphatic rings. The van der Waals surface area contributed by atoms with Crippen LogP contribution >= 0.6 is 23.2 Å². The molecule has 0 amide bonds. The van der Waals surface area contributed by atoms with Gasteiger partial charge >= 0.3 is 0 Å². The highest BCUT2D eigenvalue weighted by Crippen LogP contribution is 2.32. The van der Waals surface area contributed by atoms with E-state index in [0.717, 1.165) is 6.42 Å². The van der Waals surface area contributed by atoms with E-state index in [1.165, 1.54) is 0 Å². The number of ether oxygens (including phenoxy) is 2. The lowest BCUT2D eigenvalue weighted by Gasteiger charge is -2.10. The second-order valence-corrected chi connectivity index (χ2v) is 4.91. The predicted octanol–water partition coefficient (Wildman–Crippen LogP) is 4.55. The van der Waals surface area contributed by atoms with Gasteiger partial charge in [-0.2, -0.15) is 4.98 Å². The quantitative estimate of drug-likeness (QED) is 0.879. The number of nitrogen functional groups attached to an aromatic ring is 1. The molecule has 2 aromatic rings. The fourth-order valence-corrected chi connectivity index (χ4v) is 1.92. The molecule has 0 spiro atoms. The Kier molecular flexibility index (Phi) is 4.93. The van der Waals surface area contributed by atoms with Crippen LogP contribution in [0.4, 0.5) is 5.69 Å². The average Bonchev–Trinajstić information content (AvgIpc) is 2.42. The SMILES string of the molecule is CCCOc1nc(Oc2ccc(Cl)cc2Cl)ccc1N. The van der Waals surface area contributed by atoms with E-state index in [4.69, 9.17) is 38.4 Å². The minimum absolute atomic E-state index is 0.356. The summed E-state index contributed by atoms with van der Waals surface area (Å²) < 4.78 is 11.0. The van der Waals surface area contributed by atoms with E-state index < -0.39 is 0 Å². The van der Waals surface area contributed by atoms with E-state index in [1.54, 1.807) is 30.3 Å². The smallest absolute Gasteiger partial charge is 0.240 e. The molecular formula is C14H14Cl2N2O2. The summed E-state index contributed by atoms with van der Waals surface area (Å²) in [5, 5.41) is 0.951. The zero-order valence-electron chi connectivity index (χ0n) is 10.9. The van der Waals surface area contributed by atoms with Gasteiger partial charge in [-0.15, -0.1) is 0 Å². The average molecular weight is 313 g/mol. The van der Waals surface area contributed by atoms with E-state index in [-0.39, 0.29) is 0 Å². The van der Waals surface area contributed by atoms with E-state index in [0.29, 0.717) is 39.8 Å². The minimum atomic E-state index is 0.356. The Balaban J connectivity index is 2.20. The maximum atomic E-state index is 6.04. The molecule has 2 rings (SSSR count). The molecule has 0 saturated heterocycles. The van der Waals surface area contributed by atoms with Gasteiger partial charge < -0.3 is 15.2 Å². The lowest BCUT2D eigenvalue weighted by atomic mass is 10.3. The molecule has 1 aromatic heterocycles. The molecule has 0 aliphatic heterocycles. The lowest BCUT2D eigenvalue weighted by Crippen LogP contribution is -2.02. The van der Waals surface area contributed by atoms with Gasteiger partial charge in [0, 0.05) is 11.1 Å². The maximum absolute atomic E-state index is 6.04. The highest BCUT2D eigenvalue weighted by Gasteiger charge is 2.08. The van der Waals surface area contributed by atoms with Crippen molar-refractivity contribution in [2.24, 2.45) is 0 Å². The third kappa shape index (κ3) is 3.68. The largest absolute Gasteiger partial charge is 0.476 e. The number of pyridine rings is 1. The molecular weight excluding hydrogens is 299 g/mol. The number of rotatable bonds is 5. The molecule has 0 atom stereocenters. The Morgan fingerprint density at radius 3 is 2.70 bits per heavy atom.